The molecule has 0 bridgehead atoms. The highest BCUT2D eigenvalue weighted by Crippen LogP contribution is 2.37. The zero-order valence-electron chi connectivity index (χ0n) is 15.2. The molecule has 3 rings (SSSR count). The van der Waals surface area contributed by atoms with Gasteiger partial charge in [-0.15, -0.1) is 0 Å². The van der Waals surface area contributed by atoms with E-state index in [9.17, 15) is 18.3 Å². The number of anilines is 1. The van der Waals surface area contributed by atoms with Crippen LogP contribution in [0.15, 0.2) is 65.6 Å². The van der Waals surface area contributed by atoms with Crippen LogP contribution in [-0.2, 0) is 14.8 Å². The Labute approximate surface area is 182 Å². The molecule has 3 N–H and O–H groups in total. The second-order valence-corrected chi connectivity index (χ2v) is 8.59. The van der Waals surface area contributed by atoms with Gasteiger partial charge in [-0.2, -0.15) is 0 Å². The summed E-state index contributed by atoms with van der Waals surface area (Å²) in [7, 11) is -4.35. The predicted octanol–water partition coefficient (Wildman–Crippen LogP) is 4.63. The second-order valence-electron chi connectivity index (χ2n) is 6.10. The van der Waals surface area contributed by atoms with Gasteiger partial charge in [0, 0.05) is 5.02 Å². The summed E-state index contributed by atoms with van der Waals surface area (Å²) >= 11 is 11.7. The number of carbonyl (C=O) groups is 1. The lowest BCUT2D eigenvalue weighted by atomic mass is 10.1. The molecule has 0 spiro atoms. The number of carboxylic acids is 1. The molecule has 0 aromatic heterocycles. The SMILES string of the molecule is O=C(O)COc1ccc(-c2ccccc2)cc1NS(=O)(=O)c1cc(Cl)cc(Cl)c1O. The molecule has 0 atom stereocenters. The third-order valence-corrected chi connectivity index (χ3v) is 5.85. The van der Waals surface area contributed by atoms with Crippen molar-refractivity contribution in [1.29, 1.82) is 0 Å². The van der Waals surface area contributed by atoms with E-state index in [0.29, 0.717) is 5.56 Å². The number of aromatic hydroxyl groups is 1. The Morgan fingerprint density at radius 1 is 1.00 bits per heavy atom. The number of sulfonamides is 1. The molecule has 0 saturated heterocycles. The molecule has 0 amide bonds. The fourth-order valence-corrected chi connectivity index (χ4v) is 4.45. The molecule has 10 heteroatoms. The fraction of sp³-hybridized carbons (Fsp3) is 0.0500. The second kappa shape index (κ2) is 8.83. The lowest BCUT2D eigenvalue weighted by molar-refractivity contribution is -0.139. The van der Waals surface area contributed by atoms with Gasteiger partial charge in [-0.1, -0.05) is 59.6 Å². The molecule has 0 heterocycles. The van der Waals surface area contributed by atoms with Crippen molar-refractivity contribution in [2.45, 2.75) is 4.90 Å². The van der Waals surface area contributed by atoms with Crippen LogP contribution in [-0.4, -0.2) is 31.2 Å². The van der Waals surface area contributed by atoms with Crippen LogP contribution in [0.3, 0.4) is 0 Å². The highest BCUT2D eigenvalue weighted by Gasteiger charge is 2.23. The smallest absolute Gasteiger partial charge is 0.341 e. The third kappa shape index (κ3) is 4.96. The summed E-state index contributed by atoms with van der Waals surface area (Å²) in [5.41, 5.74) is 1.44. The first kappa shape index (κ1) is 21.8. The zero-order chi connectivity index (χ0) is 21.9. The molecule has 0 fully saturated rings. The van der Waals surface area contributed by atoms with Crippen LogP contribution in [0.1, 0.15) is 0 Å². The minimum Gasteiger partial charge on any atom is -0.505 e. The van der Waals surface area contributed by atoms with Gasteiger partial charge in [0.15, 0.2) is 12.4 Å². The number of rotatable bonds is 7. The molecule has 0 aliphatic carbocycles. The molecule has 3 aromatic rings. The van der Waals surface area contributed by atoms with Crippen LogP contribution < -0.4 is 9.46 Å². The average molecular weight is 468 g/mol. The lowest BCUT2D eigenvalue weighted by Crippen LogP contribution is -2.16. The summed E-state index contributed by atoms with van der Waals surface area (Å²) in [6.45, 7) is -0.673. The summed E-state index contributed by atoms with van der Waals surface area (Å²) in [6.07, 6.45) is 0. The molecular weight excluding hydrogens is 453 g/mol. The number of phenolic OH excluding ortho intramolecular Hbond substituents is 1. The predicted molar refractivity (Wildman–Crippen MR) is 114 cm³/mol. The molecule has 0 aliphatic heterocycles. The third-order valence-electron chi connectivity index (χ3n) is 3.96. The van der Waals surface area contributed by atoms with Crippen LogP contribution in [0.4, 0.5) is 5.69 Å². The number of ether oxygens (including phenoxy) is 1. The number of nitrogens with one attached hydrogen (secondary N) is 1. The molecular formula is C20H15Cl2NO6S. The van der Waals surface area contributed by atoms with Crippen molar-refractivity contribution < 1.29 is 28.2 Å². The van der Waals surface area contributed by atoms with Crippen LogP contribution >= 0.6 is 23.2 Å². The van der Waals surface area contributed by atoms with Gasteiger partial charge in [-0.3, -0.25) is 4.72 Å². The highest BCUT2D eigenvalue weighted by molar-refractivity contribution is 7.92. The number of benzene rings is 3. The largest absolute Gasteiger partial charge is 0.505 e. The summed E-state index contributed by atoms with van der Waals surface area (Å²) in [5.74, 6) is -1.90. The van der Waals surface area contributed by atoms with Crippen molar-refractivity contribution in [3.63, 3.8) is 0 Å². The van der Waals surface area contributed by atoms with Gasteiger partial charge >= 0.3 is 5.97 Å². The van der Waals surface area contributed by atoms with E-state index in [0.717, 1.165) is 11.6 Å². The summed E-state index contributed by atoms with van der Waals surface area (Å²) in [4.78, 5) is 10.3. The average Bonchev–Trinajstić information content (AvgIpc) is 2.70. The summed E-state index contributed by atoms with van der Waals surface area (Å²) in [5, 5.41) is 18.8. The topological polar surface area (TPSA) is 113 Å². The first-order valence-corrected chi connectivity index (χ1v) is 10.7. The quantitative estimate of drug-likeness (QED) is 0.466. The van der Waals surface area contributed by atoms with Gasteiger partial charge in [-0.05, 0) is 35.4 Å². The first-order chi connectivity index (χ1) is 14.2. The van der Waals surface area contributed by atoms with Crippen molar-refractivity contribution in [2.24, 2.45) is 0 Å². The van der Waals surface area contributed by atoms with Crippen molar-refractivity contribution in [2.75, 3.05) is 11.3 Å². The molecule has 0 saturated carbocycles. The Balaban J connectivity index is 2.07. The van der Waals surface area contributed by atoms with E-state index in [1.807, 2.05) is 30.3 Å². The molecule has 0 radical (unpaired) electrons. The number of hydrogen-bond donors (Lipinski definition) is 3. The van der Waals surface area contributed by atoms with Gasteiger partial charge in [0.25, 0.3) is 10.0 Å². The Bertz CT molecular complexity index is 1200. The molecule has 156 valence electrons. The van der Waals surface area contributed by atoms with Gasteiger partial charge in [0.05, 0.1) is 10.7 Å². The van der Waals surface area contributed by atoms with E-state index in [1.165, 1.54) is 18.2 Å². The number of hydrogen-bond acceptors (Lipinski definition) is 5. The molecule has 7 nitrogen and oxygen atoms in total. The van der Waals surface area contributed by atoms with Crippen molar-refractivity contribution in [3.05, 3.63) is 70.7 Å². The van der Waals surface area contributed by atoms with Gasteiger partial charge < -0.3 is 14.9 Å². The number of aliphatic carboxylic acids is 1. The van der Waals surface area contributed by atoms with E-state index in [1.54, 1.807) is 6.07 Å². The van der Waals surface area contributed by atoms with Crippen LogP contribution in [0, 0.1) is 0 Å². The Morgan fingerprint density at radius 3 is 2.37 bits per heavy atom. The van der Waals surface area contributed by atoms with Crippen LogP contribution in [0.25, 0.3) is 11.1 Å². The van der Waals surface area contributed by atoms with E-state index in [2.05, 4.69) is 4.72 Å². The zero-order valence-corrected chi connectivity index (χ0v) is 17.5. The van der Waals surface area contributed by atoms with Gasteiger partial charge in [-0.25, -0.2) is 13.2 Å². The van der Waals surface area contributed by atoms with Crippen molar-refractivity contribution in [1.82, 2.24) is 0 Å². The Hall–Kier alpha value is -2.94. The summed E-state index contributed by atoms with van der Waals surface area (Å²) in [6, 6.07) is 16.0. The maximum Gasteiger partial charge on any atom is 0.341 e. The standard InChI is InChI=1S/C20H15Cl2NO6S/c21-14-9-15(22)20(26)18(10-14)30(27,28)23-16-8-13(12-4-2-1-3-5-12)6-7-17(16)29-11-19(24)25/h1-10,23,26H,11H2,(H,24,25). The van der Waals surface area contributed by atoms with Gasteiger partial charge in [0.1, 0.15) is 10.6 Å². The Kier molecular flexibility index (Phi) is 6.40. The monoisotopic (exact) mass is 467 g/mol. The van der Waals surface area contributed by atoms with Crippen molar-refractivity contribution >= 4 is 44.9 Å². The number of carboxylic acid groups (broad SMARTS) is 1. The maximum absolute atomic E-state index is 12.9. The number of phenols is 1. The van der Waals surface area contributed by atoms with E-state index in [4.69, 9.17) is 33.0 Å². The molecule has 30 heavy (non-hydrogen) atoms. The first-order valence-electron chi connectivity index (χ1n) is 8.42. The highest BCUT2D eigenvalue weighted by atomic mass is 35.5. The fourth-order valence-electron chi connectivity index (χ4n) is 2.63. The van der Waals surface area contributed by atoms with E-state index >= 15 is 0 Å². The molecule has 0 aliphatic rings. The number of halogens is 2. The van der Waals surface area contributed by atoms with Crippen molar-refractivity contribution in [3.8, 4) is 22.6 Å². The van der Waals surface area contributed by atoms with Gasteiger partial charge in [0.2, 0.25) is 0 Å². The maximum atomic E-state index is 12.9. The molecule has 0 unspecified atom stereocenters. The summed E-state index contributed by atoms with van der Waals surface area (Å²) < 4.78 is 33.3. The normalized spacial score (nSPS) is 11.1. The molecule has 3 aromatic carbocycles. The van der Waals surface area contributed by atoms with E-state index in [-0.39, 0.29) is 21.5 Å². The van der Waals surface area contributed by atoms with Crippen LogP contribution in [0.5, 0.6) is 11.5 Å². The Morgan fingerprint density at radius 2 is 1.70 bits per heavy atom. The van der Waals surface area contributed by atoms with E-state index < -0.39 is 33.2 Å². The minimum atomic E-state index is -4.35. The lowest BCUT2D eigenvalue weighted by Gasteiger charge is -2.15. The minimum absolute atomic E-state index is 0.00623. The van der Waals surface area contributed by atoms with Crippen LogP contribution in [0.2, 0.25) is 10.0 Å².